The first-order valence-corrected chi connectivity index (χ1v) is 15.5. The molecule has 1 aromatic heterocycles. The lowest BCUT2D eigenvalue weighted by molar-refractivity contribution is -0.394. The van der Waals surface area contributed by atoms with E-state index in [0.717, 1.165) is 51.8 Å². The fraction of sp³-hybridized carbons (Fsp3) is 0.0909. The molecule has 2 aliphatic rings. The van der Waals surface area contributed by atoms with Gasteiger partial charge in [0.15, 0.2) is 4.80 Å². The molecule has 0 bridgehead atoms. The molecule has 0 radical (unpaired) electrons. The highest BCUT2D eigenvalue weighted by molar-refractivity contribution is 9.10. The monoisotopic (exact) mass is 680 g/mol. The summed E-state index contributed by atoms with van der Waals surface area (Å²) in [5.74, 6) is 0.0902. The highest BCUT2D eigenvalue weighted by Crippen LogP contribution is 2.41. The minimum Gasteiger partial charge on any atom is -0.449 e. The summed E-state index contributed by atoms with van der Waals surface area (Å²) in [5, 5.41) is 22.9. The molecule has 1 aliphatic carbocycles. The second-order valence-electron chi connectivity index (χ2n) is 10.5. The number of rotatable bonds is 6. The first-order valence-electron chi connectivity index (χ1n) is 13.9. The van der Waals surface area contributed by atoms with Crippen molar-refractivity contribution in [1.82, 2.24) is 4.57 Å². The van der Waals surface area contributed by atoms with Gasteiger partial charge in [0.1, 0.15) is 5.75 Å². The van der Waals surface area contributed by atoms with E-state index >= 15 is 0 Å². The highest BCUT2D eigenvalue weighted by atomic mass is 79.9. The summed E-state index contributed by atoms with van der Waals surface area (Å²) in [4.78, 5) is 41.2. The Hall–Kier alpha value is -5.20. The van der Waals surface area contributed by atoms with Crippen molar-refractivity contribution in [3.05, 3.63) is 163 Å². The average Bonchev–Trinajstić information content (AvgIpc) is 3.35. The van der Waals surface area contributed by atoms with Crippen LogP contribution < -0.4 is 19.6 Å². The van der Waals surface area contributed by atoms with Crippen LogP contribution in [0.1, 0.15) is 34.7 Å². The lowest BCUT2D eigenvalue weighted by atomic mass is 9.83. The summed E-state index contributed by atoms with van der Waals surface area (Å²) in [6.07, 6.45) is 3.30. The number of benzene rings is 4. The maximum atomic E-state index is 14.2. The summed E-state index contributed by atoms with van der Waals surface area (Å²) in [6, 6.07) is 25.9. The Balaban J connectivity index is 1.37. The molecule has 1 atom stereocenters. The zero-order chi connectivity index (χ0) is 31.2. The number of allylic oxidation sites excluding steroid dienone is 1. The number of aryl methyl sites for hydroxylation is 1. The SMILES string of the molecule is O=c1/c(=C/c2ccccc2Oc2ccc([N+](=O)[O-])cc2[N+](=O)[O-])sc2n1[C@H](c1ccc(Br)cc1)C1=C(N=2)c2ccccc2CC1. The first kappa shape index (κ1) is 28.6. The normalized spacial score (nSPS) is 15.5. The number of nitro benzene ring substituents is 2. The quantitative estimate of drug-likeness (QED) is 0.145. The van der Waals surface area contributed by atoms with E-state index in [9.17, 15) is 25.0 Å². The van der Waals surface area contributed by atoms with Crippen LogP contribution in [0, 0.1) is 20.2 Å². The standard InChI is InChI=1S/C33H21BrN4O6S/c34-22-12-9-20(10-13-22)31-25-15-11-19-5-1-3-7-24(19)30(25)35-33-36(31)32(39)29(45-33)17-21-6-2-4-8-27(21)44-28-16-14-23(37(40)41)18-26(28)38(42)43/h1-10,12-14,16-18,31H,11,15H2/b29-17-/t31-/m1/s1. The van der Waals surface area contributed by atoms with Gasteiger partial charge in [-0.1, -0.05) is 81.9 Å². The van der Waals surface area contributed by atoms with Gasteiger partial charge in [0.25, 0.3) is 11.2 Å². The van der Waals surface area contributed by atoms with Crippen molar-refractivity contribution in [3.8, 4) is 11.5 Å². The lowest BCUT2D eigenvalue weighted by Crippen LogP contribution is -2.38. The van der Waals surface area contributed by atoms with Crippen molar-refractivity contribution < 1.29 is 14.6 Å². The Morgan fingerprint density at radius 1 is 0.911 bits per heavy atom. The van der Waals surface area contributed by atoms with Crippen LogP contribution in [0.15, 0.2) is 111 Å². The molecule has 0 fully saturated rings. The third-order valence-corrected chi connectivity index (χ3v) is 9.35. The summed E-state index contributed by atoms with van der Waals surface area (Å²) in [5.41, 5.74) is 4.57. The predicted octanol–water partition coefficient (Wildman–Crippen LogP) is 6.69. The number of ether oxygens (including phenoxy) is 1. The van der Waals surface area contributed by atoms with Crippen molar-refractivity contribution in [1.29, 1.82) is 0 Å². The van der Waals surface area contributed by atoms with Gasteiger partial charge in [0.2, 0.25) is 5.75 Å². The molecule has 5 aromatic rings. The molecule has 0 spiro atoms. The number of fused-ring (bicyclic) bond motifs is 3. The molecule has 0 saturated heterocycles. The van der Waals surface area contributed by atoms with Crippen molar-refractivity contribution >= 4 is 50.4 Å². The number of non-ortho nitro benzene ring substituents is 1. The fourth-order valence-electron chi connectivity index (χ4n) is 5.77. The number of hydrogen-bond donors (Lipinski definition) is 0. The van der Waals surface area contributed by atoms with Crippen LogP contribution in [-0.4, -0.2) is 14.4 Å². The number of aromatic nitrogens is 1. The highest BCUT2D eigenvalue weighted by Gasteiger charge is 2.32. The average molecular weight is 682 g/mol. The van der Waals surface area contributed by atoms with Gasteiger partial charge >= 0.3 is 5.69 Å². The minimum atomic E-state index is -0.731. The van der Waals surface area contributed by atoms with Gasteiger partial charge in [-0.15, -0.1) is 0 Å². The molecule has 0 saturated carbocycles. The number of halogens is 1. The van der Waals surface area contributed by atoms with Crippen molar-refractivity contribution in [3.63, 3.8) is 0 Å². The van der Waals surface area contributed by atoms with Crippen LogP contribution >= 0.6 is 27.3 Å². The maximum Gasteiger partial charge on any atom is 0.318 e. The van der Waals surface area contributed by atoms with Crippen LogP contribution in [0.25, 0.3) is 11.8 Å². The van der Waals surface area contributed by atoms with E-state index in [0.29, 0.717) is 14.9 Å². The summed E-state index contributed by atoms with van der Waals surface area (Å²) in [6.45, 7) is 0. The molecular formula is C33H21BrN4O6S. The van der Waals surface area contributed by atoms with E-state index in [1.54, 1.807) is 34.9 Å². The van der Waals surface area contributed by atoms with E-state index in [-0.39, 0.29) is 23.1 Å². The van der Waals surface area contributed by atoms with Crippen molar-refractivity contribution in [2.75, 3.05) is 0 Å². The molecule has 10 nitrogen and oxygen atoms in total. The van der Waals surface area contributed by atoms with Gasteiger partial charge in [-0.05, 0) is 59.9 Å². The number of nitrogens with zero attached hydrogens (tertiary/aromatic N) is 4. The first-order chi connectivity index (χ1) is 21.8. The third kappa shape index (κ3) is 5.17. The van der Waals surface area contributed by atoms with Gasteiger partial charge < -0.3 is 4.74 Å². The molecule has 222 valence electrons. The second-order valence-corrected chi connectivity index (χ2v) is 12.4. The molecule has 45 heavy (non-hydrogen) atoms. The fourth-order valence-corrected chi connectivity index (χ4v) is 7.02. The van der Waals surface area contributed by atoms with Crippen LogP contribution in [0.3, 0.4) is 0 Å². The third-order valence-electron chi connectivity index (χ3n) is 7.83. The van der Waals surface area contributed by atoms with E-state index in [2.05, 4.69) is 28.1 Å². The Labute approximate surface area is 267 Å². The van der Waals surface area contributed by atoms with Gasteiger partial charge in [0.05, 0.1) is 32.2 Å². The molecule has 0 amide bonds. The summed E-state index contributed by atoms with van der Waals surface area (Å²) < 4.78 is 9.03. The number of para-hydroxylation sites is 1. The van der Waals surface area contributed by atoms with Gasteiger partial charge in [-0.3, -0.25) is 29.6 Å². The second kappa shape index (κ2) is 11.4. The number of thiazole rings is 1. The number of nitro groups is 2. The van der Waals surface area contributed by atoms with Crippen LogP contribution in [0.5, 0.6) is 11.5 Å². The van der Waals surface area contributed by atoms with E-state index in [1.165, 1.54) is 23.0 Å². The van der Waals surface area contributed by atoms with Gasteiger partial charge in [-0.25, -0.2) is 4.99 Å². The molecule has 4 aromatic carbocycles. The molecule has 0 unspecified atom stereocenters. The minimum absolute atomic E-state index is 0.158. The maximum absolute atomic E-state index is 14.2. The van der Waals surface area contributed by atoms with E-state index in [4.69, 9.17) is 9.73 Å². The van der Waals surface area contributed by atoms with Crippen molar-refractivity contribution in [2.45, 2.75) is 18.9 Å². The molecular weight excluding hydrogens is 660 g/mol. The van der Waals surface area contributed by atoms with Gasteiger partial charge in [-0.2, -0.15) is 0 Å². The molecule has 12 heteroatoms. The predicted molar refractivity (Wildman–Crippen MR) is 173 cm³/mol. The topological polar surface area (TPSA) is 130 Å². The molecule has 7 rings (SSSR count). The summed E-state index contributed by atoms with van der Waals surface area (Å²) in [7, 11) is 0. The lowest BCUT2D eigenvalue weighted by Gasteiger charge is -2.30. The Kier molecular flexibility index (Phi) is 7.22. The number of hydrogen-bond acceptors (Lipinski definition) is 8. The van der Waals surface area contributed by atoms with Gasteiger partial charge in [0, 0.05) is 21.7 Å². The molecule has 0 N–H and O–H groups in total. The van der Waals surface area contributed by atoms with E-state index < -0.39 is 21.2 Å². The van der Waals surface area contributed by atoms with E-state index in [1.807, 2.05) is 36.4 Å². The zero-order valence-electron chi connectivity index (χ0n) is 23.3. The zero-order valence-corrected chi connectivity index (χ0v) is 25.7. The van der Waals surface area contributed by atoms with Crippen LogP contribution in [-0.2, 0) is 6.42 Å². The largest absolute Gasteiger partial charge is 0.449 e. The Morgan fingerprint density at radius 2 is 1.67 bits per heavy atom. The van der Waals surface area contributed by atoms with Crippen molar-refractivity contribution in [2.24, 2.45) is 4.99 Å². The molecule has 2 heterocycles. The summed E-state index contributed by atoms with van der Waals surface area (Å²) >= 11 is 4.78. The van der Waals surface area contributed by atoms with Crippen LogP contribution in [0.4, 0.5) is 11.4 Å². The Bertz CT molecular complexity index is 2260. The molecule has 1 aliphatic heterocycles. The van der Waals surface area contributed by atoms with Crippen LogP contribution in [0.2, 0.25) is 0 Å². The smallest absolute Gasteiger partial charge is 0.318 e. The Morgan fingerprint density at radius 3 is 2.44 bits per heavy atom.